The molecule has 0 aromatic heterocycles. The second-order valence-corrected chi connectivity index (χ2v) is 8.74. The van der Waals surface area contributed by atoms with Crippen LogP contribution in [0.25, 0.3) is 0 Å². The SMILES string of the molecule is O=C(NC1CCCC1)c1ccc(S(=O)(=O)N2CCCCCC2)cc1. The first-order valence-electron chi connectivity index (χ1n) is 8.98. The van der Waals surface area contributed by atoms with Crippen molar-refractivity contribution in [3.05, 3.63) is 29.8 Å². The summed E-state index contributed by atoms with van der Waals surface area (Å²) in [7, 11) is -3.45. The fraction of sp³-hybridized carbons (Fsp3) is 0.611. The van der Waals surface area contributed by atoms with Gasteiger partial charge in [-0.05, 0) is 49.9 Å². The molecule has 1 heterocycles. The van der Waals surface area contributed by atoms with E-state index in [1.165, 1.54) is 0 Å². The molecule has 0 unspecified atom stereocenters. The van der Waals surface area contributed by atoms with Crippen molar-refractivity contribution in [2.24, 2.45) is 0 Å². The average molecular weight is 350 g/mol. The van der Waals surface area contributed by atoms with Gasteiger partial charge in [-0.15, -0.1) is 0 Å². The van der Waals surface area contributed by atoms with Gasteiger partial charge in [0.1, 0.15) is 0 Å². The van der Waals surface area contributed by atoms with Gasteiger partial charge >= 0.3 is 0 Å². The summed E-state index contributed by atoms with van der Waals surface area (Å²) in [5.74, 6) is -0.111. The second kappa shape index (κ2) is 7.66. The highest BCUT2D eigenvalue weighted by Gasteiger charge is 2.25. The molecule has 1 aliphatic heterocycles. The zero-order valence-electron chi connectivity index (χ0n) is 14.0. The molecule has 1 saturated heterocycles. The molecule has 3 rings (SSSR count). The van der Waals surface area contributed by atoms with Crippen molar-refractivity contribution in [3.8, 4) is 0 Å². The van der Waals surface area contributed by atoms with Crippen LogP contribution in [0.4, 0.5) is 0 Å². The molecule has 6 heteroatoms. The zero-order valence-corrected chi connectivity index (χ0v) is 14.9. The molecule has 1 saturated carbocycles. The van der Waals surface area contributed by atoms with Crippen LogP contribution in [-0.4, -0.2) is 37.8 Å². The van der Waals surface area contributed by atoms with Crippen LogP contribution in [-0.2, 0) is 10.0 Å². The number of sulfonamides is 1. The first kappa shape index (κ1) is 17.4. The third kappa shape index (κ3) is 3.98. The molecule has 2 aliphatic rings. The van der Waals surface area contributed by atoms with E-state index in [0.29, 0.717) is 18.7 Å². The summed E-state index contributed by atoms with van der Waals surface area (Å²) >= 11 is 0. The largest absolute Gasteiger partial charge is 0.349 e. The summed E-state index contributed by atoms with van der Waals surface area (Å²) in [6.45, 7) is 1.18. The number of carbonyl (C=O) groups excluding carboxylic acids is 1. The lowest BCUT2D eigenvalue weighted by molar-refractivity contribution is 0.0938. The predicted octanol–water partition coefficient (Wildman–Crippen LogP) is 2.92. The third-order valence-corrected chi connectivity index (χ3v) is 6.92. The first-order chi connectivity index (χ1) is 11.6. The Balaban J connectivity index is 1.69. The lowest BCUT2D eigenvalue weighted by Gasteiger charge is -2.20. The van der Waals surface area contributed by atoms with Gasteiger partial charge in [0.2, 0.25) is 10.0 Å². The lowest BCUT2D eigenvalue weighted by atomic mass is 10.2. The molecular weight excluding hydrogens is 324 g/mol. The van der Waals surface area contributed by atoms with Crippen LogP contribution in [0.5, 0.6) is 0 Å². The number of benzene rings is 1. The molecule has 5 nitrogen and oxygen atoms in total. The van der Waals surface area contributed by atoms with Crippen molar-refractivity contribution < 1.29 is 13.2 Å². The van der Waals surface area contributed by atoms with Gasteiger partial charge in [0.15, 0.2) is 0 Å². The van der Waals surface area contributed by atoms with Gasteiger partial charge in [-0.3, -0.25) is 4.79 Å². The minimum atomic E-state index is -3.45. The molecule has 1 N–H and O–H groups in total. The van der Waals surface area contributed by atoms with Crippen LogP contribution < -0.4 is 5.32 Å². The minimum absolute atomic E-state index is 0.111. The number of rotatable bonds is 4. The number of nitrogens with zero attached hydrogens (tertiary/aromatic N) is 1. The van der Waals surface area contributed by atoms with Gasteiger partial charge in [0, 0.05) is 24.7 Å². The monoisotopic (exact) mass is 350 g/mol. The maximum absolute atomic E-state index is 12.7. The molecule has 0 radical (unpaired) electrons. The van der Waals surface area contributed by atoms with Crippen LogP contribution in [0.1, 0.15) is 61.7 Å². The Kier molecular flexibility index (Phi) is 5.56. The Labute approximate surface area is 144 Å². The Bertz CT molecular complexity index is 656. The van der Waals surface area contributed by atoms with E-state index in [9.17, 15) is 13.2 Å². The summed E-state index contributed by atoms with van der Waals surface area (Å²) in [5, 5.41) is 3.03. The smallest absolute Gasteiger partial charge is 0.251 e. The van der Waals surface area contributed by atoms with Crippen molar-refractivity contribution in [3.63, 3.8) is 0 Å². The highest BCUT2D eigenvalue weighted by Crippen LogP contribution is 2.21. The normalized spacial score (nSPS) is 20.7. The summed E-state index contributed by atoms with van der Waals surface area (Å²) in [4.78, 5) is 12.5. The molecular formula is C18H26N2O3S. The van der Waals surface area contributed by atoms with Gasteiger partial charge < -0.3 is 5.32 Å². The number of hydrogen-bond acceptors (Lipinski definition) is 3. The zero-order chi connectivity index (χ0) is 17.0. The lowest BCUT2D eigenvalue weighted by Crippen LogP contribution is -2.33. The summed E-state index contributed by atoms with van der Waals surface area (Å²) < 4.78 is 27.0. The van der Waals surface area contributed by atoms with Gasteiger partial charge in [0.05, 0.1) is 4.90 Å². The Morgan fingerprint density at radius 3 is 2.08 bits per heavy atom. The fourth-order valence-electron chi connectivity index (χ4n) is 3.55. The Morgan fingerprint density at radius 1 is 0.917 bits per heavy atom. The molecule has 0 atom stereocenters. The van der Waals surface area contributed by atoms with E-state index in [2.05, 4.69) is 5.32 Å². The molecule has 1 aromatic carbocycles. The number of nitrogens with one attached hydrogen (secondary N) is 1. The van der Waals surface area contributed by atoms with Crippen LogP contribution in [0, 0.1) is 0 Å². The van der Waals surface area contributed by atoms with Gasteiger partial charge in [-0.1, -0.05) is 25.7 Å². The van der Waals surface area contributed by atoms with Crippen molar-refractivity contribution in [1.82, 2.24) is 9.62 Å². The van der Waals surface area contributed by atoms with Crippen molar-refractivity contribution >= 4 is 15.9 Å². The molecule has 0 spiro atoms. The molecule has 132 valence electrons. The topological polar surface area (TPSA) is 66.5 Å². The third-order valence-electron chi connectivity index (χ3n) is 5.01. The van der Waals surface area contributed by atoms with E-state index in [1.807, 2.05) is 0 Å². The average Bonchev–Trinajstić information content (AvgIpc) is 2.93. The highest BCUT2D eigenvalue weighted by atomic mass is 32.2. The molecule has 1 amide bonds. The van der Waals surface area contributed by atoms with E-state index in [4.69, 9.17) is 0 Å². The van der Waals surface area contributed by atoms with Crippen molar-refractivity contribution in [2.75, 3.05) is 13.1 Å². The maximum Gasteiger partial charge on any atom is 0.251 e. The quantitative estimate of drug-likeness (QED) is 0.908. The predicted molar refractivity (Wildman–Crippen MR) is 93.4 cm³/mol. The summed E-state index contributed by atoms with van der Waals surface area (Å²) in [5.41, 5.74) is 0.525. The number of carbonyl (C=O) groups is 1. The summed E-state index contributed by atoms with van der Waals surface area (Å²) in [6, 6.07) is 6.62. The first-order valence-corrected chi connectivity index (χ1v) is 10.4. The highest BCUT2D eigenvalue weighted by molar-refractivity contribution is 7.89. The van der Waals surface area contributed by atoms with Crippen molar-refractivity contribution in [2.45, 2.75) is 62.3 Å². The van der Waals surface area contributed by atoms with Crippen LogP contribution >= 0.6 is 0 Å². The van der Waals surface area contributed by atoms with E-state index < -0.39 is 10.0 Å². The van der Waals surface area contributed by atoms with E-state index >= 15 is 0 Å². The number of hydrogen-bond donors (Lipinski definition) is 1. The minimum Gasteiger partial charge on any atom is -0.349 e. The fourth-order valence-corrected chi connectivity index (χ4v) is 5.07. The van der Waals surface area contributed by atoms with Crippen LogP contribution in [0.2, 0.25) is 0 Å². The van der Waals surface area contributed by atoms with Crippen LogP contribution in [0.15, 0.2) is 29.2 Å². The molecule has 0 bridgehead atoms. The molecule has 1 aromatic rings. The second-order valence-electron chi connectivity index (χ2n) is 6.80. The van der Waals surface area contributed by atoms with Gasteiger partial charge in [0.25, 0.3) is 5.91 Å². The Hall–Kier alpha value is -1.40. The number of amides is 1. The van der Waals surface area contributed by atoms with Crippen LogP contribution in [0.3, 0.4) is 0 Å². The molecule has 1 aliphatic carbocycles. The standard InChI is InChI=1S/C18H26N2O3S/c21-18(19-16-7-3-4-8-16)15-9-11-17(12-10-15)24(22,23)20-13-5-1-2-6-14-20/h9-12,16H,1-8,13-14H2,(H,19,21). The maximum atomic E-state index is 12.7. The van der Waals surface area contributed by atoms with Gasteiger partial charge in [-0.2, -0.15) is 4.31 Å². The molecule has 24 heavy (non-hydrogen) atoms. The molecule has 2 fully saturated rings. The van der Waals surface area contributed by atoms with Gasteiger partial charge in [-0.25, -0.2) is 8.42 Å². The van der Waals surface area contributed by atoms with E-state index in [-0.39, 0.29) is 16.8 Å². The van der Waals surface area contributed by atoms with E-state index in [0.717, 1.165) is 51.4 Å². The summed E-state index contributed by atoms with van der Waals surface area (Å²) in [6.07, 6.45) is 8.41. The van der Waals surface area contributed by atoms with Crippen molar-refractivity contribution in [1.29, 1.82) is 0 Å². The Morgan fingerprint density at radius 2 is 1.50 bits per heavy atom. The van der Waals surface area contributed by atoms with E-state index in [1.54, 1.807) is 28.6 Å².